The molecule has 0 heterocycles. The summed E-state index contributed by atoms with van der Waals surface area (Å²) in [6.07, 6.45) is 14.3. The number of hydrogen-bond acceptors (Lipinski definition) is 1. The van der Waals surface area contributed by atoms with E-state index in [9.17, 15) is 0 Å². The minimum atomic E-state index is 0.829. The van der Waals surface area contributed by atoms with E-state index in [1.807, 2.05) is 0 Å². The van der Waals surface area contributed by atoms with Crippen molar-refractivity contribution in [2.45, 2.75) is 57.8 Å². The van der Waals surface area contributed by atoms with Crippen molar-refractivity contribution in [3.05, 3.63) is 0 Å². The second-order valence-electron chi connectivity index (χ2n) is 8.92. The maximum atomic E-state index is 2.41. The van der Waals surface area contributed by atoms with Crippen LogP contribution in [-0.4, -0.2) is 25.5 Å². The fourth-order valence-electron chi connectivity index (χ4n) is 6.99. The van der Waals surface area contributed by atoms with Crippen LogP contribution >= 0.6 is 0 Å². The van der Waals surface area contributed by atoms with E-state index in [0.29, 0.717) is 0 Å². The first kappa shape index (κ1) is 12.7. The average Bonchev–Trinajstić information content (AvgIpc) is 2.75. The fraction of sp³-hybridized carbons (Fsp3) is 1.00. The van der Waals surface area contributed by atoms with Crippen LogP contribution in [0, 0.1) is 35.0 Å². The molecule has 0 aromatic heterocycles. The van der Waals surface area contributed by atoms with Gasteiger partial charge in [0.15, 0.2) is 0 Å². The molecule has 5 saturated carbocycles. The van der Waals surface area contributed by atoms with E-state index < -0.39 is 0 Å². The lowest BCUT2D eigenvalue weighted by atomic mass is 9.46. The standard InChI is InChI=1S/C18H31N/c1-19(2)12-13-3-4-17(8-13)18-9-14-5-15(10-18)7-16(6-14)11-18/h13-17H,3-12H2,1-2H3. The minimum absolute atomic E-state index is 0.829. The van der Waals surface area contributed by atoms with Crippen molar-refractivity contribution in [3.63, 3.8) is 0 Å². The van der Waals surface area contributed by atoms with Crippen molar-refractivity contribution < 1.29 is 0 Å². The number of hydrogen-bond donors (Lipinski definition) is 0. The normalized spacial score (nSPS) is 52.3. The Labute approximate surface area is 119 Å². The Balaban J connectivity index is 1.47. The molecule has 2 atom stereocenters. The lowest BCUT2D eigenvalue weighted by Gasteiger charge is -2.59. The minimum Gasteiger partial charge on any atom is -0.309 e. The summed E-state index contributed by atoms with van der Waals surface area (Å²) in [6.45, 7) is 1.34. The van der Waals surface area contributed by atoms with Gasteiger partial charge in [0.2, 0.25) is 0 Å². The first-order valence-electron chi connectivity index (χ1n) is 8.78. The van der Waals surface area contributed by atoms with Gasteiger partial charge in [-0.1, -0.05) is 0 Å². The van der Waals surface area contributed by atoms with Gasteiger partial charge in [-0.3, -0.25) is 0 Å². The number of rotatable bonds is 3. The Morgan fingerprint density at radius 3 is 1.95 bits per heavy atom. The molecule has 5 aliphatic rings. The van der Waals surface area contributed by atoms with Gasteiger partial charge in [-0.15, -0.1) is 0 Å². The van der Waals surface area contributed by atoms with Crippen LogP contribution in [0.5, 0.6) is 0 Å². The highest BCUT2D eigenvalue weighted by Gasteiger charge is 2.54. The molecule has 1 heteroatoms. The van der Waals surface area contributed by atoms with E-state index in [4.69, 9.17) is 0 Å². The van der Waals surface area contributed by atoms with Gasteiger partial charge in [0.25, 0.3) is 0 Å². The number of nitrogens with zero attached hydrogens (tertiary/aromatic N) is 1. The second-order valence-corrected chi connectivity index (χ2v) is 8.92. The molecule has 4 bridgehead atoms. The molecule has 0 radical (unpaired) electrons. The van der Waals surface area contributed by atoms with E-state index in [-0.39, 0.29) is 0 Å². The van der Waals surface area contributed by atoms with Crippen LogP contribution < -0.4 is 0 Å². The van der Waals surface area contributed by atoms with Crippen molar-refractivity contribution in [1.29, 1.82) is 0 Å². The third-order valence-corrected chi connectivity index (χ3v) is 7.12. The first-order valence-corrected chi connectivity index (χ1v) is 8.78. The van der Waals surface area contributed by atoms with E-state index in [2.05, 4.69) is 19.0 Å². The van der Waals surface area contributed by atoms with Crippen LogP contribution in [0.1, 0.15) is 57.8 Å². The lowest BCUT2D eigenvalue weighted by Crippen LogP contribution is -2.49. The predicted molar refractivity (Wildman–Crippen MR) is 80.0 cm³/mol. The molecule has 5 rings (SSSR count). The molecule has 108 valence electrons. The summed E-state index contributed by atoms with van der Waals surface area (Å²) in [5.41, 5.74) is 0.829. The molecule has 0 N–H and O–H groups in total. The van der Waals surface area contributed by atoms with Gasteiger partial charge in [-0.05, 0) is 107 Å². The maximum absolute atomic E-state index is 2.41. The van der Waals surface area contributed by atoms with Gasteiger partial charge < -0.3 is 4.90 Å². The van der Waals surface area contributed by atoms with Gasteiger partial charge in [-0.25, -0.2) is 0 Å². The third-order valence-electron chi connectivity index (χ3n) is 7.12. The van der Waals surface area contributed by atoms with Crippen molar-refractivity contribution in [1.82, 2.24) is 4.90 Å². The lowest BCUT2D eigenvalue weighted by molar-refractivity contribution is -0.0865. The van der Waals surface area contributed by atoms with Gasteiger partial charge in [0.05, 0.1) is 0 Å². The van der Waals surface area contributed by atoms with Gasteiger partial charge in [-0.2, -0.15) is 0 Å². The highest BCUT2D eigenvalue weighted by molar-refractivity contribution is 5.05. The molecular formula is C18H31N. The average molecular weight is 261 g/mol. The predicted octanol–water partition coefficient (Wildman–Crippen LogP) is 4.18. The maximum Gasteiger partial charge on any atom is 0.000366 e. The zero-order valence-electron chi connectivity index (χ0n) is 12.9. The molecule has 19 heavy (non-hydrogen) atoms. The topological polar surface area (TPSA) is 3.24 Å². The molecule has 0 amide bonds. The van der Waals surface area contributed by atoms with Crippen LogP contribution in [0.4, 0.5) is 0 Å². The summed E-state index contributed by atoms with van der Waals surface area (Å²) in [4.78, 5) is 2.41. The summed E-state index contributed by atoms with van der Waals surface area (Å²) < 4.78 is 0. The highest BCUT2D eigenvalue weighted by atomic mass is 15.1. The van der Waals surface area contributed by atoms with Crippen LogP contribution in [0.2, 0.25) is 0 Å². The summed E-state index contributed by atoms with van der Waals surface area (Å²) in [5, 5.41) is 0. The van der Waals surface area contributed by atoms with E-state index in [1.54, 1.807) is 51.4 Å². The molecule has 0 saturated heterocycles. The monoisotopic (exact) mass is 261 g/mol. The van der Waals surface area contributed by atoms with Crippen molar-refractivity contribution in [2.75, 3.05) is 20.6 Å². The SMILES string of the molecule is CN(C)CC1CCC(C23CC4CC(CC(C4)C2)C3)C1. The molecular weight excluding hydrogens is 230 g/mol. The van der Waals surface area contributed by atoms with Gasteiger partial charge in [0.1, 0.15) is 0 Å². The smallest absolute Gasteiger partial charge is 0.000366 e. The summed E-state index contributed by atoms with van der Waals surface area (Å²) >= 11 is 0. The van der Waals surface area contributed by atoms with Crippen molar-refractivity contribution in [2.24, 2.45) is 35.0 Å². The third kappa shape index (κ3) is 2.17. The molecule has 0 spiro atoms. The van der Waals surface area contributed by atoms with Gasteiger partial charge in [0, 0.05) is 6.54 Å². The van der Waals surface area contributed by atoms with Crippen LogP contribution in [0.25, 0.3) is 0 Å². The second kappa shape index (κ2) is 4.48. The molecule has 0 aromatic carbocycles. The Hall–Kier alpha value is -0.0400. The van der Waals surface area contributed by atoms with E-state index in [1.165, 1.54) is 13.0 Å². The Kier molecular flexibility index (Phi) is 2.99. The van der Waals surface area contributed by atoms with Crippen LogP contribution in [0.15, 0.2) is 0 Å². The zero-order chi connectivity index (χ0) is 13.0. The van der Waals surface area contributed by atoms with Crippen LogP contribution in [0.3, 0.4) is 0 Å². The summed E-state index contributed by atoms with van der Waals surface area (Å²) in [7, 11) is 4.50. The Bertz CT molecular complexity index is 310. The highest BCUT2D eigenvalue weighted by Crippen LogP contribution is 2.65. The fourth-order valence-corrected chi connectivity index (χ4v) is 6.99. The van der Waals surface area contributed by atoms with Crippen LogP contribution in [-0.2, 0) is 0 Å². The Morgan fingerprint density at radius 2 is 1.42 bits per heavy atom. The molecule has 0 aromatic rings. The molecule has 5 fully saturated rings. The largest absolute Gasteiger partial charge is 0.309 e. The van der Waals surface area contributed by atoms with Gasteiger partial charge >= 0.3 is 0 Å². The van der Waals surface area contributed by atoms with Crippen molar-refractivity contribution >= 4 is 0 Å². The molecule has 2 unspecified atom stereocenters. The molecule has 0 aliphatic heterocycles. The van der Waals surface area contributed by atoms with E-state index >= 15 is 0 Å². The molecule has 1 nitrogen and oxygen atoms in total. The zero-order valence-corrected chi connectivity index (χ0v) is 12.9. The quantitative estimate of drug-likeness (QED) is 0.736. The summed E-state index contributed by atoms with van der Waals surface area (Å²) in [6, 6.07) is 0. The summed E-state index contributed by atoms with van der Waals surface area (Å²) in [5.74, 6) is 5.52. The first-order chi connectivity index (χ1) is 9.13. The Morgan fingerprint density at radius 1 is 0.842 bits per heavy atom. The molecule has 5 aliphatic carbocycles. The van der Waals surface area contributed by atoms with Crippen molar-refractivity contribution in [3.8, 4) is 0 Å². The van der Waals surface area contributed by atoms with E-state index in [0.717, 1.165) is 35.0 Å².